The Kier molecular flexibility index (Phi) is 5.81. The molecule has 9 unspecified atom stereocenters. The van der Waals surface area contributed by atoms with Crippen molar-refractivity contribution < 1.29 is 29.6 Å². The first-order chi connectivity index (χ1) is 16.6. The summed E-state index contributed by atoms with van der Waals surface area (Å²) in [7, 11) is 0. The van der Waals surface area contributed by atoms with Gasteiger partial charge in [0, 0.05) is 17.3 Å². The fourth-order valence-electron chi connectivity index (χ4n) is 9.64. The number of rotatable bonds is 4. The van der Waals surface area contributed by atoms with Crippen LogP contribution >= 0.6 is 0 Å². The molecular weight excluding hydrogens is 456 g/mol. The normalized spacial score (nSPS) is 47.6. The molecule has 0 spiro atoms. The van der Waals surface area contributed by atoms with E-state index in [2.05, 4.69) is 39.5 Å². The van der Waals surface area contributed by atoms with E-state index in [1.54, 1.807) is 19.9 Å². The van der Waals surface area contributed by atoms with Crippen molar-refractivity contribution in [3.8, 4) is 0 Å². The number of esters is 1. The Morgan fingerprint density at radius 1 is 1.14 bits per heavy atom. The zero-order valence-corrected chi connectivity index (χ0v) is 23.0. The molecule has 4 fully saturated rings. The number of aliphatic hydroxyl groups excluding tert-OH is 1. The Bertz CT molecular complexity index is 1020. The van der Waals surface area contributed by atoms with E-state index in [0.717, 1.165) is 32.1 Å². The minimum Gasteiger partial charge on any atom is -0.462 e. The van der Waals surface area contributed by atoms with Crippen molar-refractivity contribution in [1.82, 2.24) is 0 Å². The third kappa shape index (κ3) is 3.32. The molecule has 36 heavy (non-hydrogen) atoms. The zero-order chi connectivity index (χ0) is 26.5. The molecule has 0 amide bonds. The van der Waals surface area contributed by atoms with Crippen LogP contribution in [-0.2, 0) is 19.2 Å². The number of carbonyl (C=O) groups is 2. The summed E-state index contributed by atoms with van der Waals surface area (Å²) in [4.78, 5) is 31.3. The molecule has 5 rings (SSSR count). The lowest BCUT2D eigenvalue weighted by Crippen LogP contribution is -2.60. The highest BCUT2D eigenvalue weighted by atomic mass is 17.1. The number of ether oxygens (including phenoxy) is 1. The van der Waals surface area contributed by atoms with Gasteiger partial charge in [0.15, 0.2) is 5.78 Å². The van der Waals surface area contributed by atoms with Crippen molar-refractivity contribution >= 4 is 11.8 Å². The van der Waals surface area contributed by atoms with Crippen molar-refractivity contribution in [3.05, 3.63) is 23.8 Å². The van der Waals surface area contributed by atoms with Crippen molar-refractivity contribution in [2.45, 2.75) is 105 Å². The summed E-state index contributed by atoms with van der Waals surface area (Å²) in [5, 5.41) is 19.9. The van der Waals surface area contributed by atoms with Crippen LogP contribution in [0.15, 0.2) is 23.8 Å². The summed E-state index contributed by atoms with van der Waals surface area (Å²) in [6.07, 6.45) is 9.97. The lowest BCUT2D eigenvalue weighted by atomic mass is 9.40. The van der Waals surface area contributed by atoms with E-state index in [9.17, 15) is 14.7 Å². The molecule has 1 aliphatic heterocycles. The number of aliphatic hydroxyl groups is 1. The second-order valence-electron chi connectivity index (χ2n) is 14.3. The first-order valence-electron chi connectivity index (χ1n) is 13.8. The maximum absolute atomic E-state index is 13.8. The van der Waals surface area contributed by atoms with E-state index >= 15 is 0 Å². The molecule has 2 N–H and O–H groups in total. The summed E-state index contributed by atoms with van der Waals surface area (Å²) in [6, 6.07) is 0. The molecule has 0 aromatic carbocycles. The third-order valence-corrected chi connectivity index (χ3v) is 11.7. The van der Waals surface area contributed by atoms with Crippen molar-refractivity contribution in [2.75, 3.05) is 0 Å². The predicted octanol–water partition coefficient (Wildman–Crippen LogP) is 5.50. The number of ketones is 1. The van der Waals surface area contributed by atoms with Crippen molar-refractivity contribution in [3.63, 3.8) is 0 Å². The second-order valence-corrected chi connectivity index (χ2v) is 14.3. The van der Waals surface area contributed by atoms with Crippen LogP contribution in [0.3, 0.4) is 0 Å². The van der Waals surface area contributed by atoms with Crippen molar-refractivity contribution in [2.24, 2.45) is 45.3 Å². The van der Waals surface area contributed by atoms with Gasteiger partial charge in [-0.3, -0.25) is 14.8 Å². The summed E-state index contributed by atoms with van der Waals surface area (Å²) >= 11 is 0. The Morgan fingerprint density at radius 2 is 1.83 bits per heavy atom. The molecule has 3 saturated carbocycles. The van der Waals surface area contributed by atoms with E-state index in [1.807, 2.05) is 12.2 Å². The van der Waals surface area contributed by atoms with Gasteiger partial charge in [0.1, 0.15) is 11.7 Å². The molecule has 4 aliphatic carbocycles. The molecule has 6 heteroatoms. The number of hydrogen-bond donors (Lipinski definition) is 2. The zero-order valence-electron chi connectivity index (χ0n) is 23.0. The standard InChI is InChI=1S/C30H44O6/c1-26(2,36-34)12-8-9-17-23-21(35-25(17)33)16-30(7)19-15-20(31)24-27(3,4)22(32)11-13-28(24,5)18(19)10-14-29(23,30)6/h8,12,15,17-18,21-24,32,34H,9-11,13-14,16H2,1-7H3. The first-order valence-corrected chi connectivity index (χ1v) is 13.8. The number of carbonyl (C=O) groups excluding carboxylic acids is 2. The molecule has 9 atom stereocenters. The molecule has 200 valence electrons. The van der Waals surface area contributed by atoms with Gasteiger partial charge < -0.3 is 9.84 Å². The molecule has 1 heterocycles. The Labute approximate surface area is 215 Å². The fourth-order valence-corrected chi connectivity index (χ4v) is 9.64. The van der Waals surface area contributed by atoms with Gasteiger partial charge in [-0.25, -0.2) is 4.89 Å². The second kappa shape index (κ2) is 8.00. The molecule has 0 radical (unpaired) electrons. The minimum atomic E-state index is -0.811. The highest BCUT2D eigenvalue weighted by molar-refractivity contribution is 5.95. The Hall–Kier alpha value is -1.50. The average Bonchev–Trinajstić information content (AvgIpc) is 3.20. The predicted molar refractivity (Wildman–Crippen MR) is 136 cm³/mol. The first kappa shape index (κ1) is 26.1. The lowest BCUT2D eigenvalue weighted by molar-refractivity contribution is -0.297. The van der Waals surface area contributed by atoms with Gasteiger partial charge in [-0.2, -0.15) is 0 Å². The number of fused-ring (bicyclic) bond motifs is 7. The maximum Gasteiger partial charge on any atom is 0.309 e. The fraction of sp³-hybridized carbons (Fsp3) is 0.800. The van der Waals surface area contributed by atoms with E-state index in [1.165, 1.54) is 5.57 Å². The van der Waals surface area contributed by atoms with E-state index in [-0.39, 0.29) is 51.9 Å². The number of hydrogen-bond acceptors (Lipinski definition) is 6. The van der Waals surface area contributed by atoms with E-state index < -0.39 is 17.1 Å². The maximum atomic E-state index is 13.8. The molecule has 0 aromatic heterocycles. The van der Waals surface area contributed by atoms with Crippen LogP contribution in [0.5, 0.6) is 0 Å². The molecule has 5 aliphatic rings. The van der Waals surface area contributed by atoms with Crippen LogP contribution in [0.2, 0.25) is 0 Å². The SMILES string of the molecule is CC(C)(C=CCC1C(=O)OC2CC3(C)C4=CC(=O)C5C(C)(C)C(O)CCC5(C)C4CCC3(C)C21)OO. The quantitative estimate of drug-likeness (QED) is 0.229. The van der Waals surface area contributed by atoms with Gasteiger partial charge >= 0.3 is 5.97 Å². The molecule has 6 nitrogen and oxygen atoms in total. The van der Waals surface area contributed by atoms with Crippen LogP contribution in [0.4, 0.5) is 0 Å². The van der Waals surface area contributed by atoms with Gasteiger partial charge in [-0.1, -0.05) is 52.3 Å². The molecule has 0 aromatic rings. The summed E-state index contributed by atoms with van der Waals surface area (Å²) < 4.78 is 6.02. The third-order valence-electron chi connectivity index (χ3n) is 11.7. The summed E-state index contributed by atoms with van der Waals surface area (Å²) in [6.45, 7) is 14.6. The van der Waals surface area contributed by atoms with E-state index in [4.69, 9.17) is 9.99 Å². The van der Waals surface area contributed by atoms with Crippen molar-refractivity contribution in [1.29, 1.82) is 0 Å². The largest absolute Gasteiger partial charge is 0.462 e. The summed E-state index contributed by atoms with van der Waals surface area (Å²) in [5.41, 5.74) is -0.526. The molecule has 0 bridgehead atoms. The average molecular weight is 501 g/mol. The van der Waals surface area contributed by atoms with Gasteiger partial charge in [-0.15, -0.1) is 0 Å². The van der Waals surface area contributed by atoms with Gasteiger partial charge in [0.25, 0.3) is 0 Å². The molecular formula is C30H44O6. The minimum absolute atomic E-state index is 0.0879. The lowest BCUT2D eigenvalue weighted by Gasteiger charge is -2.63. The smallest absolute Gasteiger partial charge is 0.309 e. The highest BCUT2D eigenvalue weighted by Crippen LogP contribution is 2.74. The van der Waals surface area contributed by atoms with Crippen LogP contribution < -0.4 is 0 Å². The van der Waals surface area contributed by atoms with Gasteiger partial charge in [0.2, 0.25) is 0 Å². The number of allylic oxidation sites excluding steroid dienone is 3. The molecule has 1 saturated heterocycles. The summed E-state index contributed by atoms with van der Waals surface area (Å²) in [5.74, 6) is 0.00914. The van der Waals surface area contributed by atoms with Gasteiger partial charge in [-0.05, 0) is 80.6 Å². The van der Waals surface area contributed by atoms with Crippen LogP contribution in [0, 0.1) is 45.3 Å². The van der Waals surface area contributed by atoms with Crippen LogP contribution in [0.25, 0.3) is 0 Å². The highest BCUT2D eigenvalue weighted by Gasteiger charge is 2.71. The van der Waals surface area contributed by atoms with Gasteiger partial charge in [0.05, 0.1) is 12.0 Å². The monoisotopic (exact) mass is 500 g/mol. The Morgan fingerprint density at radius 3 is 2.50 bits per heavy atom. The Balaban J connectivity index is 1.51. The van der Waals surface area contributed by atoms with Crippen LogP contribution in [-0.4, -0.2) is 39.9 Å². The van der Waals surface area contributed by atoms with Crippen LogP contribution in [0.1, 0.15) is 87.0 Å². The topological polar surface area (TPSA) is 93.1 Å². The van der Waals surface area contributed by atoms with E-state index in [0.29, 0.717) is 12.3 Å².